The number of hydrogen-bond acceptors (Lipinski definition) is 11. The van der Waals surface area contributed by atoms with Crippen LogP contribution in [-0.2, 0) is 16.2 Å². The molecule has 7 aromatic rings. The van der Waals surface area contributed by atoms with Gasteiger partial charge in [0.25, 0.3) is 0 Å². The van der Waals surface area contributed by atoms with Crippen molar-refractivity contribution in [3.63, 3.8) is 0 Å². The SMILES string of the molecule is CCCCCCC1(CCCCCC)c2cc(-c3scc4c3OCCO4)ccc2-c2c1c1c(c3c2C(CCCCCC)(CCCCCC)c2cc(-c4sc(C=O)c5c4OCCO5)ccc2-3)C(CCCCCC)(CCCCCC)c2cc(-c3sc(C=O)c4c3OCCO4)ccc2-1. The Kier molecular flexibility index (Phi) is 21.2. The lowest BCUT2D eigenvalue weighted by Gasteiger charge is -2.40. The third-order valence-corrected chi connectivity index (χ3v) is 25.5. The summed E-state index contributed by atoms with van der Waals surface area (Å²) < 4.78 is 38.7. The van der Waals surface area contributed by atoms with Crippen molar-refractivity contribution >= 4 is 46.6 Å². The molecule has 8 nitrogen and oxygen atoms in total. The quantitative estimate of drug-likeness (QED) is 0.0287. The first kappa shape index (κ1) is 66.7. The zero-order valence-corrected chi connectivity index (χ0v) is 59.8. The summed E-state index contributed by atoms with van der Waals surface area (Å²) in [5.41, 5.74) is 20.5. The van der Waals surface area contributed by atoms with Crippen LogP contribution in [0.2, 0.25) is 0 Å². The van der Waals surface area contributed by atoms with Gasteiger partial charge in [0.15, 0.2) is 47.1 Å². The van der Waals surface area contributed by atoms with E-state index in [4.69, 9.17) is 28.4 Å². The van der Waals surface area contributed by atoms with E-state index in [0.29, 0.717) is 72.4 Å². The Morgan fingerprint density at radius 2 is 0.649 bits per heavy atom. The highest BCUT2D eigenvalue weighted by Crippen LogP contribution is 2.72. The van der Waals surface area contributed by atoms with Crippen LogP contribution in [0.25, 0.3) is 64.7 Å². The second-order valence-corrected chi connectivity index (χ2v) is 31.1. The Hall–Kier alpha value is -5.88. The number of carbonyl (C=O) groups excluding carboxylic acids is 2. The number of ether oxygens (including phenoxy) is 6. The predicted molar refractivity (Wildman–Crippen MR) is 391 cm³/mol. The molecule has 6 aliphatic rings. The summed E-state index contributed by atoms with van der Waals surface area (Å²) >= 11 is 4.82. The molecule has 0 saturated heterocycles. The van der Waals surface area contributed by atoms with Crippen LogP contribution in [0.3, 0.4) is 0 Å². The summed E-state index contributed by atoms with van der Waals surface area (Å²) in [6, 6.07) is 22.9. The van der Waals surface area contributed by atoms with Crippen LogP contribution >= 0.6 is 34.0 Å². The van der Waals surface area contributed by atoms with Crippen molar-refractivity contribution in [2.45, 2.75) is 250 Å². The van der Waals surface area contributed by atoms with Crippen molar-refractivity contribution in [1.29, 1.82) is 0 Å². The van der Waals surface area contributed by atoms with Gasteiger partial charge >= 0.3 is 0 Å². The maximum Gasteiger partial charge on any atom is 0.183 e. The largest absolute Gasteiger partial charge is 0.485 e. The number of fused-ring (bicyclic) bond motifs is 15. The van der Waals surface area contributed by atoms with E-state index in [1.165, 1.54) is 194 Å². The topological polar surface area (TPSA) is 89.5 Å². The molecule has 0 bridgehead atoms. The number of benzene rings is 4. The van der Waals surface area contributed by atoms with Crippen molar-refractivity contribution in [3.8, 4) is 99.2 Å². The van der Waals surface area contributed by atoms with Gasteiger partial charge in [-0.25, -0.2) is 0 Å². The van der Waals surface area contributed by atoms with E-state index in [9.17, 15) is 9.59 Å². The van der Waals surface area contributed by atoms with Gasteiger partial charge in [-0.2, -0.15) is 0 Å². The van der Waals surface area contributed by atoms with Crippen LogP contribution in [0, 0.1) is 0 Å². The van der Waals surface area contributed by atoms with Crippen molar-refractivity contribution in [2.24, 2.45) is 0 Å². The van der Waals surface area contributed by atoms with Crippen LogP contribution in [0.1, 0.15) is 287 Å². The maximum absolute atomic E-state index is 13.0. The molecular weight excluding hydrogens is 1220 g/mol. The lowest BCUT2D eigenvalue weighted by atomic mass is 9.63. The minimum absolute atomic E-state index is 0.308. The van der Waals surface area contributed by atoms with E-state index in [1.807, 2.05) is 0 Å². The second kappa shape index (κ2) is 29.9. The van der Waals surface area contributed by atoms with E-state index >= 15 is 0 Å². The molecule has 94 heavy (non-hydrogen) atoms. The van der Waals surface area contributed by atoms with Gasteiger partial charge in [-0.3, -0.25) is 9.59 Å². The van der Waals surface area contributed by atoms with E-state index in [2.05, 4.69) is 102 Å². The highest BCUT2D eigenvalue weighted by Gasteiger charge is 2.58. The molecule has 500 valence electrons. The summed E-state index contributed by atoms with van der Waals surface area (Å²) in [6.45, 7) is 17.1. The van der Waals surface area contributed by atoms with Crippen LogP contribution in [0.15, 0.2) is 60.0 Å². The number of unbranched alkanes of at least 4 members (excludes halogenated alkanes) is 18. The van der Waals surface area contributed by atoms with Gasteiger partial charge < -0.3 is 28.4 Å². The first-order valence-corrected chi connectivity index (χ1v) is 39.6. The highest BCUT2D eigenvalue weighted by molar-refractivity contribution is 7.18. The van der Waals surface area contributed by atoms with Crippen LogP contribution in [-0.4, -0.2) is 52.2 Å². The van der Waals surface area contributed by atoms with Crippen molar-refractivity contribution < 1.29 is 38.0 Å². The van der Waals surface area contributed by atoms with Crippen LogP contribution in [0.5, 0.6) is 34.5 Å². The Bertz CT molecular complexity index is 3730. The summed E-state index contributed by atoms with van der Waals surface area (Å²) in [5.74, 6) is 4.37. The van der Waals surface area contributed by atoms with Gasteiger partial charge in [0.2, 0.25) is 0 Å². The molecule has 0 unspecified atom stereocenters. The molecule has 3 aliphatic heterocycles. The third kappa shape index (κ3) is 11.9. The molecular formula is C83H102O8S3. The van der Waals surface area contributed by atoms with Gasteiger partial charge in [-0.1, -0.05) is 232 Å². The Morgan fingerprint density at radius 1 is 0.351 bits per heavy atom. The molecule has 0 atom stereocenters. The van der Waals surface area contributed by atoms with Gasteiger partial charge in [0, 0.05) is 21.6 Å². The fraction of sp³-hybridized carbons (Fsp3) is 0.542. The summed E-state index contributed by atoms with van der Waals surface area (Å²) in [6.07, 6.45) is 36.7. The van der Waals surface area contributed by atoms with Gasteiger partial charge in [-0.05, 0) is 140 Å². The lowest BCUT2D eigenvalue weighted by molar-refractivity contribution is 0.110. The maximum atomic E-state index is 13.0. The molecule has 3 aliphatic carbocycles. The number of thiophene rings is 3. The number of rotatable bonds is 35. The minimum atomic E-state index is -0.347. The van der Waals surface area contributed by atoms with E-state index in [-0.39, 0.29) is 16.2 Å². The highest BCUT2D eigenvalue weighted by atomic mass is 32.1. The molecule has 11 heteroatoms. The van der Waals surface area contributed by atoms with E-state index in [0.717, 1.165) is 127 Å². The average molecular weight is 1320 g/mol. The molecule has 3 aromatic heterocycles. The standard InChI is InChI=1S/C83H102O8S3/c1-7-13-19-25-37-81(38-26-20-14-8-2)61-49-55(78-73-64(54-92-78)86-43-44-87-73)31-34-58(61)67-70(81)68-59-35-32-56(79-76-74(65(52-84)93-79)88-45-47-90-76)50-62(59)83(41-29-23-17-11-5,42-30-24-18-12-6)72(68)69-60-36-33-57(80-77-75(66(53-85)94-80)89-46-48-91-77)51-63(60)82(71(67)69,39-27-21-15-9-3)40-28-22-16-10-4/h31-36,49-54H,7-30,37-48H2,1-6H3. The van der Waals surface area contributed by atoms with Gasteiger partial charge in [0.1, 0.15) is 49.4 Å². The Balaban J connectivity index is 1.20. The van der Waals surface area contributed by atoms with Crippen molar-refractivity contribution in [1.82, 2.24) is 0 Å². The van der Waals surface area contributed by atoms with Gasteiger partial charge in [-0.15, -0.1) is 34.0 Å². The summed E-state index contributed by atoms with van der Waals surface area (Å²) in [7, 11) is 0. The molecule has 13 rings (SSSR count). The monoisotopic (exact) mass is 1320 g/mol. The smallest absolute Gasteiger partial charge is 0.183 e. The minimum Gasteiger partial charge on any atom is -0.485 e. The fourth-order valence-corrected chi connectivity index (χ4v) is 20.8. The number of aldehydes is 2. The average Bonchev–Trinajstić information content (AvgIpc) is 1.48. The Labute approximate surface area is 573 Å². The second-order valence-electron chi connectivity index (χ2n) is 28.1. The number of carbonyl (C=O) groups is 2. The normalized spacial score (nSPS) is 15.9. The predicted octanol–water partition coefficient (Wildman–Crippen LogP) is 24.4. The van der Waals surface area contributed by atoms with Crippen molar-refractivity contribution in [2.75, 3.05) is 39.6 Å². The zero-order valence-electron chi connectivity index (χ0n) is 57.4. The van der Waals surface area contributed by atoms with Gasteiger partial charge in [0.05, 0.1) is 14.6 Å². The number of hydrogen-bond donors (Lipinski definition) is 0. The molecule has 0 radical (unpaired) electrons. The fourth-order valence-electron chi connectivity index (χ4n) is 17.9. The third-order valence-electron chi connectivity index (χ3n) is 22.2. The first-order chi connectivity index (χ1) is 46.3. The lowest BCUT2D eigenvalue weighted by Crippen LogP contribution is -2.31. The molecule has 0 N–H and O–H groups in total. The van der Waals surface area contributed by atoms with Crippen molar-refractivity contribution in [3.05, 3.63) is 103 Å². The molecule has 0 saturated carbocycles. The molecule has 0 spiro atoms. The first-order valence-electron chi connectivity index (χ1n) is 37.1. The molecule has 4 aromatic carbocycles. The Morgan fingerprint density at radius 3 is 0.968 bits per heavy atom. The van der Waals surface area contributed by atoms with E-state index in [1.54, 1.807) is 28.0 Å². The summed E-state index contributed by atoms with van der Waals surface area (Å²) in [4.78, 5) is 30.4. The molecule has 6 heterocycles. The molecule has 0 fully saturated rings. The van der Waals surface area contributed by atoms with E-state index < -0.39 is 0 Å². The van der Waals surface area contributed by atoms with Crippen LogP contribution in [0.4, 0.5) is 0 Å². The zero-order chi connectivity index (χ0) is 64.8. The van der Waals surface area contributed by atoms with Crippen LogP contribution < -0.4 is 28.4 Å². The summed E-state index contributed by atoms with van der Waals surface area (Å²) in [5, 5.41) is 2.17. The molecule has 0 amide bonds.